The van der Waals surface area contributed by atoms with Gasteiger partial charge in [0.05, 0.1) is 6.10 Å². The molecule has 1 saturated heterocycles. The largest absolute Gasteiger partial charge is 0.377 e. The third kappa shape index (κ3) is 2.87. The molecule has 2 unspecified atom stereocenters. The molecule has 2 rings (SSSR count). The van der Waals surface area contributed by atoms with Gasteiger partial charge in [-0.25, -0.2) is 4.39 Å². The highest BCUT2D eigenvalue weighted by Crippen LogP contribution is 2.37. The second kappa shape index (κ2) is 5.59. The maximum Gasteiger partial charge on any atom is 0.126 e. The SMILES string of the molecule is Cc1cc(SC2CCOC2C)c([C@@H](C)N)cc1F. The number of thioether (sulfide) groups is 1. The first kappa shape index (κ1) is 13.8. The second-order valence-corrected chi connectivity index (χ2v) is 6.23. The zero-order valence-electron chi connectivity index (χ0n) is 11.1. The quantitative estimate of drug-likeness (QED) is 0.913. The lowest BCUT2D eigenvalue weighted by Crippen LogP contribution is -2.15. The molecule has 1 heterocycles. The number of ether oxygens (including phenoxy) is 1. The Kier molecular flexibility index (Phi) is 4.30. The summed E-state index contributed by atoms with van der Waals surface area (Å²) in [6.07, 6.45) is 1.29. The Morgan fingerprint density at radius 1 is 1.50 bits per heavy atom. The van der Waals surface area contributed by atoms with Crippen molar-refractivity contribution < 1.29 is 9.13 Å². The van der Waals surface area contributed by atoms with E-state index < -0.39 is 0 Å². The Bertz CT molecular complexity index is 436. The van der Waals surface area contributed by atoms with E-state index in [4.69, 9.17) is 10.5 Å². The molecule has 0 saturated carbocycles. The minimum Gasteiger partial charge on any atom is -0.377 e. The van der Waals surface area contributed by atoms with E-state index in [0.717, 1.165) is 23.5 Å². The van der Waals surface area contributed by atoms with Gasteiger partial charge in [-0.3, -0.25) is 0 Å². The number of aryl methyl sites for hydroxylation is 1. The van der Waals surface area contributed by atoms with E-state index in [1.807, 2.05) is 13.0 Å². The Balaban J connectivity index is 2.28. The topological polar surface area (TPSA) is 35.2 Å². The van der Waals surface area contributed by atoms with Crippen molar-refractivity contribution in [3.8, 4) is 0 Å². The van der Waals surface area contributed by atoms with Crippen molar-refractivity contribution in [3.05, 3.63) is 29.1 Å². The lowest BCUT2D eigenvalue weighted by atomic mass is 10.1. The van der Waals surface area contributed by atoms with Crippen LogP contribution >= 0.6 is 11.8 Å². The number of halogens is 1. The minimum absolute atomic E-state index is 0.153. The van der Waals surface area contributed by atoms with Gasteiger partial charge in [0.25, 0.3) is 0 Å². The molecule has 1 fully saturated rings. The van der Waals surface area contributed by atoms with Crippen LogP contribution in [0.2, 0.25) is 0 Å². The highest BCUT2D eigenvalue weighted by molar-refractivity contribution is 8.00. The first-order chi connectivity index (χ1) is 8.49. The predicted molar refractivity (Wildman–Crippen MR) is 73.4 cm³/mol. The van der Waals surface area contributed by atoms with Gasteiger partial charge in [0.15, 0.2) is 0 Å². The number of nitrogens with two attached hydrogens (primary N) is 1. The average Bonchev–Trinajstić information content (AvgIpc) is 2.69. The summed E-state index contributed by atoms with van der Waals surface area (Å²) in [7, 11) is 0. The highest BCUT2D eigenvalue weighted by Gasteiger charge is 2.26. The van der Waals surface area contributed by atoms with Crippen molar-refractivity contribution in [1.29, 1.82) is 0 Å². The molecule has 0 radical (unpaired) electrons. The summed E-state index contributed by atoms with van der Waals surface area (Å²) in [4.78, 5) is 1.09. The normalized spacial score (nSPS) is 25.4. The molecule has 1 aliphatic heterocycles. The predicted octanol–water partition coefficient (Wildman–Crippen LogP) is 3.42. The second-order valence-electron chi connectivity index (χ2n) is 4.95. The molecule has 2 N–H and O–H groups in total. The van der Waals surface area contributed by atoms with Gasteiger partial charge >= 0.3 is 0 Å². The van der Waals surface area contributed by atoms with Crippen molar-refractivity contribution in [2.45, 2.75) is 49.5 Å². The molecule has 3 atom stereocenters. The van der Waals surface area contributed by atoms with Crippen LogP contribution in [-0.2, 0) is 4.74 Å². The molecule has 100 valence electrons. The zero-order chi connectivity index (χ0) is 13.3. The maximum atomic E-state index is 13.6. The van der Waals surface area contributed by atoms with Crippen molar-refractivity contribution in [2.75, 3.05) is 6.61 Å². The molecule has 0 spiro atoms. The lowest BCUT2D eigenvalue weighted by Gasteiger charge is -2.18. The summed E-state index contributed by atoms with van der Waals surface area (Å²) in [5.41, 5.74) is 7.50. The third-order valence-corrected chi connectivity index (χ3v) is 4.90. The van der Waals surface area contributed by atoms with Crippen LogP contribution in [0.25, 0.3) is 0 Å². The van der Waals surface area contributed by atoms with E-state index in [1.54, 1.807) is 24.8 Å². The van der Waals surface area contributed by atoms with Gasteiger partial charge in [0.2, 0.25) is 0 Å². The Labute approximate surface area is 112 Å². The molecule has 0 bridgehead atoms. The molecular weight excluding hydrogens is 249 g/mol. The summed E-state index contributed by atoms with van der Waals surface area (Å²) < 4.78 is 19.2. The monoisotopic (exact) mass is 269 g/mol. The van der Waals surface area contributed by atoms with Crippen LogP contribution in [0.5, 0.6) is 0 Å². The standard InChI is InChI=1S/C14H20FNOS/c1-8-6-14(11(9(2)16)7-12(8)15)18-13-4-5-17-10(13)3/h6-7,9-10,13H,4-5,16H2,1-3H3/t9-,10?,13?/m1/s1. The van der Waals surface area contributed by atoms with Crippen molar-refractivity contribution in [1.82, 2.24) is 0 Å². The number of benzene rings is 1. The number of rotatable bonds is 3. The van der Waals surface area contributed by atoms with Crippen LogP contribution in [0.4, 0.5) is 4.39 Å². The summed E-state index contributed by atoms with van der Waals surface area (Å²) in [5.74, 6) is -0.178. The molecule has 4 heteroatoms. The molecule has 0 amide bonds. The maximum absolute atomic E-state index is 13.6. The van der Waals surface area contributed by atoms with E-state index in [2.05, 4.69) is 6.92 Å². The van der Waals surface area contributed by atoms with E-state index in [0.29, 0.717) is 10.8 Å². The lowest BCUT2D eigenvalue weighted by molar-refractivity contribution is 0.127. The van der Waals surface area contributed by atoms with E-state index in [1.165, 1.54) is 0 Å². The fraction of sp³-hybridized carbons (Fsp3) is 0.571. The summed E-state index contributed by atoms with van der Waals surface area (Å²) in [6, 6.07) is 3.33. The van der Waals surface area contributed by atoms with Gasteiger partial charge in [-0.05, 0) is 50.5 Å². The molecule has 2 nitrogen and oxygen atoms in total. The summed E-state index contributed by atoms with van der Waals surface area (Å²) in [5, 5.41) is 0.437. The summed E-state index contributed by atoms with van der Waals surface area (Å²) >= 11 is 1.77. The van der Waals surface area contributed by atoms with Crippen LogP contribution in [0.1, 0.15) is 37.4 Å². The van der Waals surface area contributed by atoms with Crippen LogP contribution in [0, 0.1) is 12.7 Å². The first-order valence-corrected chi connectivity index (χ1v) is 7.21. The molecule has 0 aromatic heterocycles. The average molecular weight is 269 g/mol. The summed E-state index contributed by atoms with van der Waals surface area (Å²) in [6.45, 7) is 6.58. The van der Waals surface area contributed by atoms with Crippen molar-refractivity contribution >= 4 is 11.8 Å². The van der Waals surface area contributed by atoms with E-state index >= 15 is 0 Å². The Hall–Kier alpha value is -0.580. The van der Waals surface area contributed by atoms with E-state index in [9.17, 15) is 4.39 Å². The van der Waals surface area contributed by atoms with Crippen LogP contribution in [-0.4, -0.2) is 18.0 Å². The first-order valence-electron chi connectivity index (χ1n) is 6.33. The fourth-order valence-electron chi connectivity index (χ4n) is 2.16. The van der Waals surface area contributed by atoms with Gasteiger partial charge in [-0.1, -0.05) is 0 Å². The minimum atomic E-state index is -0.178. The van der Waals surface area contributed by atoms with Gasteiger partial charge in [-0.15, -0.1) is 11.8 Å². The van der Waals surface area contributed by atoms with Gasteiger partial charge < -0.3 is 10.5 Å². The Morgan fingerprint density at radius 2 is 2.22 bits per heavy atom. The van der Waals surface area contributed by atoms with Crippen molar-refractivity contribution in [2.24, 2.45) is 5.73 Å². The molecule has 18 heavy (non-hydrogen) atoms. The zero-order valence-corrected chi connectivity index (χ0v) is 11.9. The van der Waals surface area contributed by atoms with Crippen LogP contribution in [0.15, 0.2) is 17.0 Å². The third-order valence-electron chi connectivity index (χ3n) is 3.37. The van der Waals surface area contributed by atoms with E-state index in [-0.39, 0.29) is 18.0 Å². The smallest absolute Gasteiger partial charge is 0.126 e. The van der Waals surface area contributed by atoms with Gasteiger partial charge in [-0.2, -0.15) is 0 Å². The van der Waals surface area contributed by atoms with Crippen LogP contribution < -0.4 is 5.73 Å². The Morgan fingerprint density at radius 3 is 2.78 bits per heavy atom. The molecular formula is C14H20FNOS. The van der Waals surface area contributed by atoms with Crippen molar-refractivity contribution in [3.63, 3.8) is 0 Å². The number of hydrogen-bond donors (Lipinski definition) is 1. The van der Waals surface area contributed by atoms with Gasteiger partial charge in [0.1, 0.15) is 5.82 Å². The molecule has 1 aliphatic rings. The molecule has 0 aliphatic carbocycles. The van der Waals surface area contributed by atoms with Gasteiger partial charge in [0, 0.05) is 22.8 Å². The molecule has 1 aromatic carbocycles. The molecule has 1 aromatic rings. The van der Waals surface area contributed by atoms with Crippen LogP contribution in [0.3, 0.4) is 0 Å². The number of hydrogen-bond acceptors (Lipinski definition) is 3. The highest BCUT2D eigenvalue weighted by atomic mass is 32.2. The fourth-order valence-corrected chi connectivity index (χ4v) is 3.59.